The van der Waals surface area contributed by atoms with E-state index < -0.39 is 19.8 Å². The summed E-state index contributed by atoms with van der Waals surface area (Å²) in [6, 6.07) is 0. The zero-order chi connectivity index (χ0) is 18.9. The van der Waals surface area contributed by atoms with Gasteiger partial charge in [-0.3, -0.25) is 0 Å². The minimum absolute atomic E-state index is 1.11. The van der Waals surface area contributed by atoms with E-state index in [4.69, 9.17) is 0 Å². The quantitative estimate of drug-likeness (QED) is 0.142. The molecule has 0 rings (SSSR count). The second kappa shape index (κ2) is 18.2. The molecule has 0 aromatic carbocycles. The summed E-state index contributed by atoms with van der Waals surface area (Å²) in [5.41, 5.74) is 0. The van der Waals surface area contributed by atoms with Gasteiger partial charge in [0.1, 0.15) is 0 Å². The number of rotatable bonds is 18. The summed E-state index contributed by atoms with van der Waals surface area (Å²) >= 11 is -1.34. The van der Waals surface area contributed by atoms with Gasteiger partial charge in [-0.1, -0.05) is 0 Å². The minimum atomic E-state index is -1.34. The molecule has 151 valence electrons. The van der Waals surface area contributed by atoms with Gasteiger partial charge in [-0.15, -0.1) is 0 Å². The number of hydrogen-bond donors (Lipinski definition) is 0. The topological polar surface area (TPSA) is 0 Å². The van der Waals surface area contributed by atoms with Crippen molar-refractivity contribution in [1.29, 1.82) is 0 Å². The van der Waals surface area contributed by atoms with Crippen molar-refractivity contribution in [3.8, 4) is 0 Å². The summed E-state index contributed by atoms with van der Waals surface area (Å²) in [6.45, 7) is 15.0. The Labute approximate surface area is 169 Å². The van der Waals surface area contributed by atoms with Crippen LogP contribution in [0.5, 0.6) is 0 Å². The fraction of sp³-hybridized carbons (Fsp3) is 1.00. The molecule has 0 bridgehead atoms. The molecule has 0 spiro atoms. The van der Waals surface area contributed by atoms with Gasteiger partial charge in [0.25, 0.3) is 0 Å². The summed E-state index contributed by atoms with van der Waals surface area (Å²) in [4.78, 5) is 0. The zero-order valence-corrected chi connectivity index (χ0v) is 21.7. The van der Waals surface area contributed by atoms with E-state index in [1.807, 2.05) is 0 Å². The summed E-state index contributed by atoms with van der Waals surface area (Å²) in [5.74, 6) is 0. The van der Waals surface area contributed by atoms with Crippen LogP contribution in [-0.4, -0.2) is 19.8 Å². The summed E-state index contributed by atoms with van der Waals surface area (Å²) in [5, 5.41) is 0. The first-order chi connectivity index (χ1) is 12.1. The molecule has 1 heteroatoms. The average Bonchev–Trinajstić information content (AvgIpc) is 2.59. The van der Waals surface area contributed by atoms with Crippen LogP contribution in [-0.2, 0) is 0 Å². The first kappa shape index (κ1) is 25.8. The van der Waals surface area contributed by atoms with E-state index in [0.717, 1.165) is 11.8 Å². The van der Waals surface area contributed by atoms with Crippen molar-refractivity contribution < 1.29 is 0 Å². The third kappa shape index (κ3) is 13.6. The third-order valence-electron chi connectivity index (χ3n) is 6.18. The molecule has 0 aromatic rings. The monoisotopic (exact) mass is 459 g/mol. The van der Waals surface area contributed by atoms with Crippen molar-refractivity contribution in [2.24, 2.45) is 0 Å². The molecule has 0 nitrogen and oxygen atoms in total. The van der Waals surface area contributed by atoms with Crippen LogP contribution in [0.25, 0.3) is 0 Å². The molecule has 0 aliphatic heterocycles. The average molecular weight is 458 g/mol. The Hall–Kier alpha value is 0.799. The second-order valence-electron chi connectivity index (χ2n) is 8.75. The Morgan fingerprint density at radius 1 is 0.440 bits per heavy atom. The normalized spacial score (nSPS) is 15.5. The predicted octanol–water partition coefficient (Wildman–Crippen LogP) is 9.56. The van der Waals surface area contributed by atoms with E-state index in [1.165, 1.54) is 77.0 Å². The first-order valence-electron chi connectivity index (χ1n) is 11.9. The molecule has 3 unspecified atom stereocenters. The molecule has 3 atom stereocenters. The van der Waals surface area contributed by atoms with Gasteiger partial charge in [-0.2, -0.15) is 0 Å². The molecule has 0 amide bonds. The van der Waals surface area contributed by atoms with Gasteiger partial charge in [0.2, 0.25) is 0 Å². The molecule has 0 heterocycles. The van der Waals surface area contributed by atoms with Crippen LogP contribution in [0.4, 0.5) is 0 Å². The Morgan fingerprint density at radius 2 is 0.720 bits per heavy atom. The Kier molecular flexibility index (Phi) is 18.8. The van der Waals surface area contributed by atoms with Gasteiger partial charge in [0.05, 0.1) is 0 Å². The number of unbranched alkanes of at least 4 members (excludes halogenated alkanes) is 9. The number of hydrogen-bond acceptors (Lipinski definition) is 0. The van der Waals surface area contributed by atoms with Crippen molar-refractivity contribution in [3.05, 3.63) is 0 Å². The van der Waals surface area contributed by atoms with Gasteiger partial charge in [0, 0.05) is 0 Å². The van der Waals surface area contributed by atoms with Crippen LogP contribution in [0, 0.1) is 0 Å². The molecular weight excluding hydrogens is 407 g/mol. The zero-order valence-electron chi connectivity index (χ0n) is 18.8. The van der Waals surface area contributed by atoms with E-state index in [-0.39, 0.29) is 0 Å². The summed E-state index contributed by atoms with van der Waals surface area (Å²) < 4.78 is 3.34. The van der Waals surface area contributed by atoms with Crippen molar-refractivity contribution in [1.82, 2.24) is 0 Å². The van der Waals surface area contributed by atoms with Crippen molar-refractivity contribution >= 4 is 19.8 Å². The molecule has 25 heavy (non-hydrogen) atoms. The Bertz CT molecular complexity index is 220. The van der Waals surface area contributed by atoms with E-state index in [9.17, 15) is 0 Å². The van der Waals surface area contributed by atoms with Gasteiger partial charge >= 0.3 is 169 Å². The molecule has 0 saturated carbocycles. The molecule has 0 saturated heterocycles. The fourth-order valence-electron chi connectivity index (χ4n) is 4.59. The second-order valence-corrected chi connectivity index (χ2v) is 20.0. The maximum absolute atomic E-state index is 2.66. The SMILES string of the molecule is CCCCCC[CH](C)[Sn]([CH](C)CCCCCC)[CH](C)CCCCCC. The van der Waals surface area contributed by atoms with Crippen LogP contribution < -0.4 is 0 Å². The molecular formula is C24H51Sn. The predicted molar refractivity (Wildman–Crippen MR) is 120 cm³/mol. The van der Waals surface area contributed by atoms with Gasteiger partial charge in [0.15, 0.2) is 0 Å². The van der Waals surface area contributed by atoms with Crippen molar-refractivity contribution in [2.75, 3.05) is 0 Å². The molecule has 0 aliphatic carbocycles. The van der Waals surface area contributed by atoms with Crippen LogP contribution in [0.15, 0.2) is 0 Å². The van der Waals surface area contributed by atoms with Gasteiger partial charge in [-0.25, -0.2) is 0 Å². The van der Waals surface area contributed by atoms with Crippen LogP contribution in [0.2, 0.25) is 11.8 Å². The van der Waals surface area contributed by atoms with E-state index in [2.05, 4.69) is 41.5 Å². The molecule has 0 N–H and O–H groups in total. The van der Waals surface area contributed by atoms with Crippen LogP contribution in [0.3, 0.4) is 0 Å². The van der Waals surface area contributed by atoms with Crippen molar-refractivity contribution in [2.45, 2.75) is 150 Å². The third-order valence-corrected chi connectivity index (χ3v) is 18.4. The molecule has 1 radical (unpaired) electrons. The Morgan fingerprint density at radius 3 is 0.960 bits per heavy atom. The Balaban J connectivity index is 4.49. The standard InChI is InChI=1S/3C8H17.Sn/c3*1-3-5-7-8-6-4-2;/h3*3H,4-8H2,1-2H3;. The van der Waals surface area contributed by atoms with E-state index >= 15 is 0 Å². The molecule has 0 aliphatic rings. The van der Waals surface area contributed by atoms with Crippen LogP contribution >= 0.6 is 0 Å². The maximum atomic E-state index is 2.66. The fourth-order valence-corrected chi connectivity index (χ4v) is 17.5. The molecule has 0 aromatic heterocycles. The van der Waals surface area contributed by atoms with E-state index in [0.29, 0.717) is 0 Å². The summed E-state index contributed by atoms with van der Waals surface area (Å²) in [6.07, 6.45) is 22.1. The van der Waals surface area contributed by atoms with Crippen molar-refractivity contribution in [3.63, 3.8) is 0 Å². The van der Waals surface area contributed by atoms with Gasteiger partial charge < -0.3 is 0 Å². The summed E-state index contributed by atoms with van der Waals surface area (Å²) in [7, 11) is 0. The van der Waals surface area contributed by atoms with E-state index in [1.54, 1.807) is 19.3 Å². The first-order valence-corrected chi connectivity index (χ1v) is 16.9. The van der Waals surface area contributed by atoms with Crippen LogP contribution in [0.1, 0.15) is 138 Å². The van der Waals surface area contributed by atoms with Gasteiger partial charge in [-0.05, 0) is 0 Å². The molecule has 0 fully saturated rings.